The molecule has 2 amide bonds. The highest BCUT2D eigenvalue weighted by Crippen LogP contribution is 2.25. The third kappa shape index (κ3) is 4.09. The highest BCUT2D eigenvalue weighted by molar-refractivity contribution is 5.95. The molecular formula is C14H19N3O4. The van der Waals surface area contributed by atoms with Crippen LogP contribution in [-0.2, 0) is 9.59 Å². The predicted molar refractivity (Wildman–Crippen MR) is 77.5 cm³/mol. The molecule has 0 unspecified atom stereocenters. The van der Waals surface area contributed by atoms with E-state index in [1.807, 2.05) is 0 Å². The molecule has 3 N–H and O–H groups in total. The Morgan fingerprint density at radius 3 is 2.29 bits per heavy atom. The fraction of sp³-hybridized carbons (Fsp3) is 0.429. The second-order valence-electron chi connectivity index (χ2n) is 4.72. The molecule has 1 aromatic carbocycles. The number of ether oxygens (including phenoxy) is 2. The van der Waals surface area contributed by atoms with Crippen molar-refractivity contribution >= 4 is 17.5 Å². The number of methoxy groups -OCH3 is 2. The van der Waals surface area contributed by atoms with E-state index in [2.05, 4.69) is 16.0 Å². The SMILES string of the molecule is COc1cc(NC(=O)CNC(=O)C2CNC2)cc(OC)c1. The largest absolute Gasteiger partial charge is 0.497 e. The third-order valence-electron chi connectivity index (χ3n) is 3.21. The van der Waals surface area contributed by atoms with E-state index in [1.54, 1.807) is 18.2 Å². The number of benzene rings is 1. The standard InChI is InChI=1S/C14H19N3O4/c1-20-11-3-10(4-12(5-11)21-2)17-13(18)8-16-14(19)9-6-15-7-9/h3-5,9,15H,6-8H2,1-2H3,(H,16,19)(H,17,18). The van der Waals surface area contributed by atoms with Crippen molar-refractivity contribution in [3.63, 3.8) is 0 Å². The molecule has 1 aromatic rings. The fourth-order valence-electron chi connectivity index (χ4n) is 1.87. The first-order valence-corrected chi connectivity index (χ1v) is 6.63. The summed E-state index contributed by atoms with van der Waals surface area (Å²) in [5, 5.41) is 8.31. The number of nitrogens with one attached hydrogen (secondary N) is 3. The minimum absolute atomic E-state index is 0.0327. The van der Waals surface area contributed by atoms with Crippen molar-refractivity contribution in [2.24, 2.45) is 5.92 Å². The van der Waals surface area contributed by atoms with Crippen LogP contribution in [-0.4, -0.2) is 45.7 Å². The van der Waals surface area contributed by atoms with E-state index in [0.717, 1.165) is 0 Å². The number of carbonyl (C=O) groups excluding carboxylic acids is 2. The molecule has 7 nitrogen and oxygen atoms in total. The van der Waals surface area contributed by atoms with Crippen LogP contribution in [0.1, 0.15) is 0 Å². The number of amides is 2. The first kappa shape index (κ1) is 15.1. The van der Waals surface area contributed by atoms with Crippen molar-refractivity contribution in [3.05, 3.63) is 18.2 Å². The molecule has 1 heterocycles. The molecule has 0 spiro atoms. The zero-order chi connectivity index (χ0) is 15.2. The lowest BCUT2D eigenvalue weighted by atomic mass is 10.0. The van der Waals surface area contributed by atoms with E-state index in [9.17, 15) is 9.59 Å². The van der Waals surface area contributed by atoms with Crippen LogP contribution in [0.15, 0.2) is 18.2 Å². The summed E-state index contributed by atoms with van der Waals surface area (Å²) >= 11 is 0. The lowest BCUT2D eigenvalue weighted by Gasteiger charge is -2.25. The van der Waals surface area contributed by atoms with Crippen molar-refractivity contribution in [1.82, 2.24) is 10.6 Å². The van der Waals surface area contributed by atoms with Crippen LogP contribution in [0, 0.1) is 5.92 Å². The summed E-state index contributed by atoms with van der Waals surface area (Å²) in [6.07, 6.45) is 0. The third-order valence-corrected chi connectivity index (χ3v) is 3.21. The van der Waals surface area contributed by atoms with E-state index in [1.165, 1.54) is 14.2 Å². The highest BCUT2D eigenvalue weighted by Gasteiger charge is 2.24. The Balaban J connectivity index is 1.88. The highest BCUT2D eigenvalue weighted by atomic mass is 16.5. The van der Waals surface area contributed by atoms with E-state index < -0.39 is 0 Å². The van der Waals surface area contributed by atoms with Gasteiger partial charge in [0.2, 0.25) is 11.8 Å². The molecule has 0 radical (unpaired) electrons. The molecule has 1 aliphatic rings. The molecule has 0 saturated carbocycles. The number of hydrogen-bond donors (Lipinski definition) is 3. The quantitative estimate of drug-likeness (QED) is 0.686. The molecule has 0 bridgehead atoms. The summed E-state index contributed by atoms with van der Waals surface area (Å²) < 4.78 is 10.2. The number of rotatable bonds is 6. The topological polar surface area (TPSA) is 88.7 Å². The minimum atomic E-state index is -0.300. The summed E-state index contributed by atoms with van der Waals surface area (Å²) in [4.78, 5) is 23.4. The lowest BCUT2D eigenvalue weighted by Crippen LogP contribution is -2.51. The molecular weight excluding hydrogens is 274 g/mol. The molecule has 7 heteroatoms. The van der Waals surface area contributed by atoms with Crippen LogP contribution >= 0.6 is 0 Å². The second-order valence-corrected chi connectivity index (χ2v) is 4.72. The molecule has 1 aliphatic heterocycles. The average Bonchev–Trinajstić information content (AvgIpc) is 2.42. The summed E-state index contributed by atoms with van der Waals surface area (Å²) in [6.45, 7) is 1.27. The van der Waals surface area contributed by atoms with E-state index >= 15 is 0 Å². The van der Waals surface area contributed by atoms with Crippen LogP contribution in [0.4, 0.5) is 5.69 Å². The molecule has 0 aromatic heterocycles. The smallest absolute Gasteiger partial charge is 0.243 e. The van der Waals surface area contributed by atoms with Gasteiger partial charge in [0.05, 0.1) is 26.7 Å². The molecule has 0 atom stereocenters. The van der Waals surface area contributed by atoms with Gasteiger partial charge >= 0.3 is 0 Å². The summed E-state index contributed by atoms with van der Waals surface area (Å²) in [7, 11) is 3.07. The van der Waals surface area contributed by atoms with Crippen molar-refractivity contribution in [1.29, 1.82) is 0 Å². The first-order chi connectivity index (χ1) is 10.1. The van der Waals surface area contributed by atoms with Gasteiger partial charge in [-0.2, -0.15) is 0 Å². The van der Waals surface area contributed by atoms with E-state index in [4.69, 9.17) is 9.47 Å². The molecule has 2 rings (SSSR count). The predicted octanol–water partition coefficient (Wildman–Crippen LogP) is -0.0221. The molecule has 21 heavy (non-hydrogen) atoms. The van der Waals surface area contributed by atoms with Crippen LogP contribution < -0.4 is 25.4 Å². The van der Waals surface area contributed by atoms with Crippen molar-refractivity contribution < 1.29 is 19.1 Å². The molecule has 0 aliphatic carbocycles. The van der Waals surface area contributed by atoms with Gasteiger partial charge in [0, 0.05) is 37.0 Å². The zero-order valence-electron chi connectivity index (χ0n) is 12.1. The van der Waals surface area contributed by atoms with Gasteiger partial charge in [-0.3, -0.25) is 9.59 Å². The normalized spacial score (nSPS) is 14.0. The summed E-state index contributed by atoms with van der Waals surface area (Å²) in [5.74, 6) is 0.719. The van der Waals surface area contributed by atoms with Crippen molar-refractivity contribution in [2.45, 2.75) is 0 Å². The number of carbonyl (C=O) groups is 2. The van der Waals surface area contributed by atoms with E-state index in [0.29, 0.717) is 30.3 Å². The van der Waals surface area contributed by atoms with Gasteiger partial charge in [-0.25, -0.2) is 0 Å². The van der Waals surface area contributed by atoms with Gasteiger partial charge in [0.15, 0.2) is 0 Å². The Hall–Kier alpha value is -2.28. The van der Waals surface area contributed by atoms with Crippen LogP contribution in [0.3, 0.4) is 0 Å². The van der Waals surface area contributed by atoms with Gasteiger partial charge in [0.25, 0.3) is 0 Å². The van der Waals surface area contributed by atoms with Gasteiger partial charge in [-0.15, -0.1) is 0 Å². The van der Waals surface area contributed by atoms with Crippen molar-refractivity contribution in [3.8, 4) is 11.5 Å². The Morgan fingerprint density at radius 2 is 1.81 bits per heavy atom. The summed E-state index contributed by atoms with van der Waals surface area (Å²) in [6, 6.07) is 5.07. The fourth-order valence-corrected chi connectivity index (χ4v) is 1.87. The Labute approximate surface area is 123 Å². The van der Waals surface area contributed by atoms with Crippen molar-refractivity contribution in [2.75, 3.05) is 39.2 Å². The molecule has 1 saturated heterocycles. The van der Waals surface area contributed by atoms with Gasteiger partial charge in [0.1, 0.15) is 11.5 Å². The molecule has 114 valence electrons. The van der Waals surface area contributed by atoms with Crippen LogP contribution in [0.5, 0.6) is 11.5 Å². The average molecular weight is 293 g/mol. The Kier molecular flexibility index (Phi) is 4.99. The Bertz CT molecular complexity index is 507. The van der Waals surface area contributed by atoms with Crippen LogP contribution in [0.25, 0.3) is 0 Å². The molecule has 1 fully saturated rings. The van der Waals surface area contributed by atoms with E-state index in [-0.39, 0.29) is 24.3 Å². The lowest BCUT2D eigenvalue weighted by molar-refractivity contribution is -0.128. The maximum Gasteiger partial charge on any atom is 0.243 e. The monoisotopic (exact) mass is 293 g/mol. The zero-order valence-corrected chi connectivity index (χ0v) is 12.1. The maximum absolute atomic E-state index is 11.8. The minimum Gasteiger partial charge on any atom is -0.497 e. The second kappa shape index (κ2) is 6.94. The maximum atomic E-state index is 11.8. The summed E-state index contributed by atoms with van der Waals surface area (Å²) in [5.41, 5.74) is 0.552. The van der Waals surface area contributed by atoms with Gasteiger partial charge < -0.3 is 25.4 Å². The van der Waals surface area contributed by atoms with Crippen LogP contribution in [0.2, 0.25) is 0 Å². The first-order valence-electron chi connectivity index (χ1n) is 6.63. The van der Waals surface area contributed by atoms with Gasteiger partial charge in [-0.1, -0.05) is 0 Å². The number of hydrogen-bond acceptors (Lipinski definition) is 5. The number of anilines is 1. The van der Waals surface area contributed by atoms with Gasteiger partial charge in [-0.05, 0) is 0 Å². The Morgan fingerprint density at radius 1 is 1.19 bits per heavy atom.